The van der Waals surface area contributed by atoms with Crippen LogP contribution in [0.5, 0.6) is 5.75 Å². The van der Waals surface area contributed by atoms with Crippen molar-refractivity contribution in [3.8, 4) is 5.75 Å². The van der Waals surface area contributed by atoms with Crippen LogP contribution in [-0.2, 0) is 6.42 Å². The quantitative estimate of drug-likeness (QED) is 0.910. The predicted molar refractivity (Wildman–Crippen MR) is 85.7 cm³/mol. The Morgan fingerprint density at radius 1 is 1.29 bits per heavy atom. The molecule has 0 aromatic heterocycles. The van der Waals surface area contributed by atoms with E-state index < -0.39 is 0 Å². The molecule has 1 aliphatic heterocycles. The van der Waals surface area contributed by atoms with Gasteiger partial charge in [-0.15, -0.1) is 0 Å². The van der Waals surface area contributed by atoms with Gasteiger partial charge in [0.05, 0.1) is 0 Å². The maximum atomic E-state index is 6.07. The molecule has 2 saturated carbocycles. The molecule has 5 atom stereocenters. The average Bonchev–Trinajstić information content (AvgIpc) is 3.18. The summed E-state index contributed by atoms with van der Waals surface area (Å²) >= 11 is 0. The van der Waals surface area contributed by atoms with Gasteiger partial charge in [0.2, 0.25) is 0 Å². The number of aryl methyl sites for hydroxylation is 1. The van der Waals surface area contributed by atoms with E-state index in [0.717, 1.165) is 36.5 Å². The molecule has 1 N–H and O–H groups in total. The predicted octanol–water partition coefficient (Wildman–Crippen LogP) is 3.71. The summed E-state index contributed by atoms with van der Waals surface area (Å²) in [4.78, 5) is 0. The van der Waals surface area contributed by atoms with Crippen LogP contribution in [0.2, 0.25) is 0 Å². The van der Waals surface area contributed by atoms with Crippen LogP contribution in [0.3, 0.4) is 0 Å². The first-order valence-corrected chi connectivity index (χ1v) is 8.68. The van der Waals surface area contributed by atoms with Gasteiger partial charge in [-0.2, -0.15) is 0 Å². The van der Waals surface area contributed by atoms with Gasteiger partial charge >= 0.3 is 0 Å². The second-order valence-corrected chi connectivity index (χ2v) is 7.59. The molecule has 1 aromatic rings. The molecule has 114 valence electrons. The van der Waals surface area contributed by atoms with E-state index >= 15 is 0 Å². The molecule has 0 saturated heterocycles. The molecule has 21 heavy (non-hydrogen) atoms. The monoisotopic (exact) mass is 285 g/mol. The van der Waals surface area contributed by atoms with Gasteiger partial charge in [0.15, 0.2) is 0 Å². The molecule has 2 bridgehead atoms. The largest absolute Gasteiger partial charge is 0.488 e. The first-order valence-electron chi connectivity index (χ1n) is 8.68. The van der Waals surface area contributed by atoms with E-state index in [1.165, 1.54) is 36.8 Å². The summed E-state index contributed by atoms with van der Waals surface area (Å²) in [6.45, 7) is 5.53. The second-order valence-electron chi connectivity index (χ2n) is 7.59. The fourth-order valence-corrected chi connectivity index (χ4v) is 4.94. The zero-order valence-electron chi connectivity index (χ0n) is 13.3. The molecule has 2 fully saturated rings. The molecule has 3 aliphatic rings. The van der Waals surface area contributed by atoms with Crippen molar-refractivity contribution in [3.05, 3.63) is 29.3 Å². The molecule has 5 unspecified atom stereocenters. The molecule has 0 amide bonds. The topological polar surface area (TPSA) is 21.3 Å². The maximum absolute atomic E-state index is 6.07. The zero-order chi connectivity index (χ0) is 14.4. The first-order chi connectivity index (χ1) is 10.2. The summed E-state index contributed by atoms with van der Waals surface area (Å²) in [5.74, 6) is 4.05. The Morgan fingerprint density at radius 3 is 2.95 bits per heavy atom. The molecule has 1 aromatic carbocycles. The lowest BCUT2D eigenvalue weighted by Gasteiger charge is -2.29. The van der Waals surface area contributed by atoms with E-state index in [-0.39, 0.29) is 0 Å². The van der Waals surface area contributed by atoms with Crippen LogP contribution < -0.4 is 10.1 Å². The van der Waals surface area contributed by atoms with E-state index in [4.69, 9.17) is 4.74 Å². The summed E-state index contributed by atoms with van der Waals surface area (Å²) in [7, 11) is 0. The van der Waals surface area contributed by atoms with Gasteiger partial charge in [0.1, 0.15) is 11.9 Å². The molecule has 2 nitrogen and oxygen atoms in total. The molecular formula is C19H27NO. The standard InChI is InChI=1S/C19H27NO/c1-12-3-6-19-16(7-12)10-17(21-19)11-20-13(2)18-9-14-4-5-15(18)8-14/h3,6-7,13-15,17-18,20H,4-5,8-11H2,1-2H3. The Balaban J connectivity index is 1.30. The molecule has 2 aliphatic carbocycles. The minimum absolute atomic E-state index is 0.322. The van der Waals surface area contributed by atoms with Crippen LogP contribution in [0.25, 0.3) is 0 Å². The van der Waals surface area contributed by atoms with Crippen molar-refractivity contribution < 1.29 is 4.74 Å². The van der Waals surface area contributed by atoms with Crippen LogP contribution in [-0.4, -0.2) is 18.7 Å². The Morgan fingerprint density at radius 2 is 2.19 bits per heavy atom. The van der Waals surface area contributed by atoms with Crippen LogP contribution >= 0.6 is 0 Å². The average molecular weight is 285 g/mol. The number of ether oxygens (including phenoxy) is 1. The third-order valence-corrected chi connectivity index (χ3v) is 6.06. The Labute approximate surface area is 128 Å². The number of nitrogens with one attached hydrogen (secondary N) is 1. The Bertz CT molecular complexity index is 526. The highest BCUT2D eigenvalue weighted by molar-refractivity contribution is 5.40. The molecule has 1 heterocycles. The van der Waals surface area contributed by atoms with Crippen LogP contribution in [0, 0.1) is 24.7 Å². The Hall–Kier alpha value is -1.02. The van der Waals surface area contributed by atoms with Crippen molar-refractivity contribution in [3.63, 3.8) is 0 Å². The van der Waals surface area contributed by atoms with Crippen molar-refractivity contribution in [2.24, 2.45) is 17.8 Å². The molecular weight excluding hydrogens is 258 g/mol. The second kappa shape index (κ2) is 5.31. The molecule has 4 rings (SSSR count). The van der Waals surface area contributed by atoms with Crippen molar-refractivity contribution in [1.29, 1.82) is 0 Å². The lowest BCUT2D eigenvalue weighted by Crippen LogP contribution is -2.41. The highest BCUT2D eigenvalue weighted by atomic mass is 16.5. The van der Waals surface area contributed by atoms with E-state index in [0.29, 0.717) is 12.1 Å². The summed E-state index contributed by atoms with van der Waals surface area (Å²) in [6.07, 6.45) is 7.32. The minimum atomic E-state index is 0.322. The fraction of sp³-hybridized carbons (Fsp3) is 0.684. The SMILES string of the molecule is Cc1ccc2c(c1)CC(CNC(C)C1CC3CCC1C3)O2. The lowest BCUT2D eigenvalue weighted by atomic mass is 9.84. The lowest BCUT2D eigenvalue weighted by molar-refractivity contribution is 0.199. The van der Waals surface area contributed by atoms with Gasteiger partial charge < -0.3 is 10.1 Å². The highest BCUT2D eigenvalue weighted by Gasteiger charge is 2.41. The summed E-state index contributed by atoms with van der Waals surface area (Å²) in [5.41, 5.74) is 2.72. The van der Waals surface area contributed by atoms with Crippen LogP contribution in [0.1, 0.15) is 43.7 Å². The fourth-order valence-electron chi connectivity index (χ4n) is 4.94. The third-order valence-electron chi connectivity index (χ3n) is 6.06. The number of rotatable bonds is 4. The number of fused-ring (bicyclic) bond motifs is 3. The third kappa shape index (κ3) is 2.59. The molecule has 0 radical (unpaired) electrons. The molecule has 0 spiro atoms. The van der Waals surface area contributed by atoms with E-state index in [9.17, 15) is 0 Å². The number of hydrogen-bond acceptors (Lipinski definition) is 2. The van der Waals surface area contributed by atoms with Crippen molar-refractivity contribution in [2.75, 3.05) is 6.54 Å². The van der Waals surface area contributed by atoms with Gasteiger partial charge in [-0.3, -0.25) is 0 Å². The van der Waals surface area contributed by atoms with Gasteiger partial charge in [-0.25, -0.2) is 0 Å². The van der Waals surface area contributed by atoms with Gasteiger partial charge in [-0.1, -0.05) is 24.1 Å². The Kier molecular flexibility index (Phi) is 3.45. The summed E-state index contributed by atoms with van der Waals surface area (Å²) in [6, 6.07) is 7.19. The van der Waals surface area contributed by atoms with Crippen molar-refractivity contribution in [2.45, 2.75) is 58.1 Å². The van der Waals surface area contributed by atoms with E-state index in [1.807, 2.05) is 0 Å². The smallest absolute Gasteiger partial charge is 0.123 e. The minimum Gasteiger partial charge on any atom is -0.488 e. The molecule has 2 heteroatoms. The maximum Gasteiger partial charge on any atom is 0.123 e. The van der Waals surface area contributed by atoms with Crippen LogP contribution in [0.4, 0.5) is 0 Å². The number of benzene rings is 1. The van der Waals surface area contributed by atoms with Gasteiger partial charge in [0, 0.05) is 19.0 Å². The summed E-state index contributed by atoms with van der Waals surface area (Å²) in [5, 5.41) is 3.78. The van der Waals surface area contributed by atoms with Gasteiger partial charge in [-0.05, 0) is 62.5 Å². The van der Waals surface area contributed by atoms with E-state index in [2.05, 4.69) is 37.4 Å². The van der Waals surface area contributed by atoms with Gasteiger partial charge in [0.25, 0.3) is 0 Å². The number of hydrogen-bond donors (Lipinski definition) is 1. The van der Waals surface area contributed by atoms with E-state index in [1.54, 1.807) is 0 Å². The normalized spacial score (nSPS) is 34.8. The van der Waals surface area contributed by atoms with Crippen molar-refractivity contribution >= 4 is 0 Å². The highest BCUT2D eigenvalue weighted by Crippen LogP contribution is 2.49. The summed E-state index contributed by atoms with van der Waals surface area (Å²) < 4.78 is 6.07. The van der Waals surface area contributed by atoms with Crippen molar-refractivity contribution in [1.82, 2.24) is 5.32 Å². The van der Waals surface area contributed by atoms with Crippen LogP contribution in [0.15, 0.2) is 18.2 Å². The first kappa shape index (κ1) is 13.6. The zero-order valence-corrected chi connectivity index (χ0v) is 13.3.